The molecule has 2 N–H and O–H groups in total. The van der Waals surface area contributed by atoms with Crippen molar-refractivity contribution < 1.29 is 9.53 Å². The van der Waals surface area contributed by atoms with E-state index >= 15 is 0 Å². The summed E-state index contributed by atoms with van der Waals surface area (Å²) in [7, 11) is 0. The van der Waals surface area contributed by atoms with Gasteiger partial charge in [-0.3, -0.25) is 4.79 Å². The molecule has 2 fully saturated rings. The lowest BCUT2D eigenvalue weighted by Crippen LogP contribution is -2.28. The molecule has 0 saturated carbocycles. The first kappa shape index (κ1) is 13.4. The highest BCUT2D eigenvalue weighted by Gasteiger charge is 2.22. The lowest BCUT2D eigenvalue weighted by molar-refractivity contribution is 0.0792. The fourth-order valence-electron chi connectivity index (χ4n) is 3.17. The normalized spacial score (nSPS) is 20.3. The average molecular weight is 274 g/mol. The summed E-state index contributed by atoms with van der Waals surface area (Å²) < 4.78 is 5.40. The summed E-state index contributed by atoms with van der Waals surface area (Å²) >= 11 is 0. The summed E-state index contributed by atoms with van der Waals surface area (Å²) in [6, 6.07) is 5.85. The minimum absolute atomic E-state index is 0.128. The van der Waals surface area contributed by atoms with E-state index in [1.165, 1.54) is 5.56 Å². The minimum atomic E-state index is 0.128. The lowest BCUT2D eigenvalue weighted by atomic mass is 9.90. The molecule has 2 aliphatic rings. The van der Waals surface area contributed by atoms with Crippen LogP contribution < -0.4 is 5.73 Å². The maximum Gasteiger partial charge on any atom is 0.253 e. The van der Waals surface area contributed by atoms with Gasteiger partial charge in [0.15, 0.2) is 0 Å². The average Bonchev–Trinajstić information content (AvgIpc) is 3.01. The number of anilines is 1. The maximum atomic E-state index is 12.5. The first-order chi connectivity index (χ1) is 9.74. The first-order valence-corrected chi connectivity index (χ1v) is 7.51. The fourth-order valence-corrected chi connectivity index (χ4v) is 3.17. The Labute approximate surface area is 119 Å². The van der Waals surface area contributed by atoms with Gasteiger partial charge >= 0.3 is 0 Å². The van der Waals surface area contributed by atoms with Gasteiger partial charge in [-0.25, -0.2) is 0 Å². The largest absolute Gasteiger partial charge is 0.399 e. The molecule has 4 heteroatoms. The van der Waals surface area contributed by atoms with E-state index in [1.54, 1.807) is 0 Å². The molecular formula is C16H22N2O2. The number of rotatable bonds is 2. The molecule has 1 aromatic rings. The number of hydrogen-bond acceptors (Lipinski definition) is 3. The molecule has 2 heterocycles. The molecule has 2 saturated heterocycles. The molecule has 3 rings (SSSR count). The zero-order chi connectivity index (χ0) is 13.9. The predicted octanol–water partition coefficient (Wildman–Crippen LogP) is 2.40. The van der Waals surface area contributed by atoms with Crippen molar-refractivity contribution in [3.63, 3.8) is 0 Å². The van der Waals surface area contributed by atoms with E-state index in [9.17, 15) is 4.79 Å². The molecule has 0 spiro atoms. The van der Waals surface area contributed by atoms with Crippen molar-refractivity contribution in [3.05, 3.63) is 29.3 Å². The topological polar surface area (TPSA) is 55.6 Å². The van der Waals surface area contributed by atoms with Crippen LogP contribution in [0, 0.1) is 0 Å². The number of hydrogen-bond donors (Lipinski definition) is 1. The Morgan fingerprint density at radius 3 is 2.55 bits per heavy atom. The van der Waals surface area contributed by atoms with Crippen LogP contribution in [0.1, 0.15) is 47.5 Å². The van der Waals surface area contributed by atoms with Gasteiger partial charge < -0.3 is 15.4 Å². The predicted molar refractivity (Wildman–Crippen MR) is 78.8 cm³/mol. The maximum absolute atomic E-state index is 12.5. The van der Waals surface area contributed by atoms with Gasteiger partial charge in [-0.2, -0.15) is 0 Å². The third-order valence-electron chi connectivity index (χ3n) is 4.31. The van der Waals surface area contributed by atoms with Crippen LogP contribution in [0.3, 0.4) is 0 Å². The summed E-state index contributed by atoms with van der Waals surface area (Å²) in [6.07, 6.45) is 4.25. The number of likely N-dealkylation sites (tertiary alicyclic amines) is 1. The van der Waals surface area contributed by atoms with Crippen LogP contribution >= 0.6 is 0 Å². The van der Waals surface area contributed by atoms with E-state index in [1.807, 2.05) is 23.1 Å². The summed E-state index contributed by atoms with van der Waals surface area (Å²) in [5, 5.41) is 0. The number of amides is 1. The molecule has 0 bridgehead atoms. The van der Waals surface area contributed by atoms with Crippen molar-refractivity contribution in [2.24, 2.45) is 0 Å². The summed E-state index contributed by atoms with van der Waals surface area (Å²) in [5.74, 6) is 0.598. The van der Waals surface area contributed by atoms with Gasteiger partial charge in [0.2, 0.25) is 0 Å². The third-order valence-corrected chi connectivity index (χ3v) is 4.31. The van der Waals surface area contributed by atoms with E-state index in [0.717, 1.165) is 57.6 Å². The van der Waals surface area contributed by atoms with E-state index in [-0.39, 0.29) is 5.91 Å². The second-order valence-electron chi connectivity index (χ2n) is 5.77. The van der Waals surface area contributed by atoms with Gasteiger partial charge in [0, 0.05) is 37.6 Å². The van der Waals surface area contributed by atoms with Crippen LogP contribution in [-0.2, 0) is 4.74 Å². The molecule has 0 radical (unpaired) electrons. The summed E-state index contributed by atoms with van der Waals surface area (Å²) in [4.78, 5) is 14.4. The lowest BCUT2D eigenvalue weighted by Gasteiger charge is -2.24. The summed E-state index contributed by atoms with van der Waals surface area (Å²) in [6.45, 7) is 3.35. The molecule has 0 aromatic heterocycles. The zero-order valence-corrected chi connectivity index (χ0v) is 11.8. The molecule has 0 unspecified atom stereocenters. The van der Waals surface area contributed by atoms with Gasteiger partial charge in [0.1, 0.15) is 0 Å². The Morgan fingerprint density at radius 2 is 1.85 bits per heavy atom. The number of nitrogens with zero attached hydrogens (tertiary/aromatic N) is 1. The molecule has 1 aromatic carbocycles. The van der Waals surface area contributed by atoms with Crippen LogP contribution in [0.5, 0.6) is 0 Å². The highest BCUT2D eigenvalue weighted by atomic mass is 16.5. The molecule has 4 nitrogen and oxygen atoms in total. The van der Waals surface area contributed by atoms with Crippen LogP contribution in [-0.4, -0.2) is 37.1 Å². The van der Waals surface area contributed by atoms with Gasteiger partial charge in [0.05, 0.1) is 0 Å². The molecule has 20 heavy (non-hydrogen) atoms. The van der Waals surface area contributed by atoms with Crippen molar-refractivity contribution in [2.75, 3.05) is 32.0 Å². The van der Waals surface area contributed by atoms with Gasteiger partial charge in [0.25, 0.3) is 5.91 Å². The SMILES string of the molecule is Nc1cc(C(=O)N2CCCC2)cc(C2CCOCC2)c1. The molecule has 108 valence electrons. The number of ether oxygens (including phenoxy) is 1. The standard InChI is InChI=1S/C16H22N2O2/c17-15-10-13(12-3-7-20-8-4-12)9-14(11-15)16(19)18-5-1-2-6-18/h9-12H,1-8,17H2. The second kappa shape index (κ2) is 5.83. The Kier molecular flexibility index (Phi) is 3.92. The number of benzene rings is 1. The van der Waals surface area contributed by atoms with Crippen LogP contribution in [0.4, 0.5) is 5.69 Å². The minimum Gasteiger partial charge on any atom is -0.399 e. The third kappa shape index (κ3) is 2.80. The van der Waals surface area contributed by atoms with Crippen molar-refractivity contribution in [3.8, 4) is 0 Å². The van der Waals surface area contributed by atoms with Crippen molar-refractivity contribution in [2.45, 2.75) is 31.6 Å². The van der Waals surface area contributed by atoms with Crippen molar-refractivity contribution in [1.29, 1.82) is 0 Å². The Bertz CT molecular complexity index is 489. The smallest absolute Gasteiger partial charge is 0.253 e. The molecule has 2 aliphatic heterocycles. The van der Waals surface area contributed by atoms with E-state index in [4.69, 9.17) is 10.5 Å². The highest BCUT2D eigenvalue weighted by Crippen LogP contribution is 2.29. The van der Waals surface area contributed by atoms with E-state index in [0.29, 0.717) is 11.6 Å². The highest BCUT2D eigenvalue weighted by molar-refractivity contribution is 5.95. The van der Waals surface area contributed by atoms with Crippen LogP contribution in [0.15, 0.2) is 18.2 Å². The number of nitrogen functional groups attached to an aromatic ring is 1. The Morgan fingerprint density at radius 1 is 1.15 bits per heavy atom. The fraction of sp³-hybridized carbons (Fsp3) is 0.562. The van der Waals surface area contributed by atoms with Gasteiger partial charge in [-0.15, -0.1) is 0 Å². The van der Waals surface area contributed by atoms with Gasteiger partial charge in [-0.1, -0.05) is 0 Å². The first-order valence-electron chi connectivity index (χ1n) is 7.51. The monoisotopic (exact) mass is 274 g/mol. The van der Waals surface area contributed by atoms with Crippen molar-refractivity contribution in [1.82, 2.24) is 4.90 Å². The van der Waals surface area contributed by atoms with Crippen molar-refractivity contribution >= 4 is 11.6 Å². The molecule has 1 amide bonds. The summed E-state index contributed by atoms with van der Waals surface area (Å²) in [5.41, 5.74) is 8.63. The quantitative estimate of drug-likeness (QED) is 0.843. The number of carbonyl (C=O) groups excluding carboxylic acids is 1. The second-order valence-corrected chi connectivity index (χ2v) is 5.77. The van der Waals surface area contributed by atoms with E-state index in [2.05, 4.69) is 0 Å². The Balaban J connectivity index is 1.83. The van der Waals surface area contributed by atoms with E-state index < -0.39 is 0 Å². The zero-order valence-electron chi connectivity index (χ0n) is 11.8. The van der Waals surface area contributed by atoms with Crippen LogP contribution in [0.2, 0.25) is 0 Å². The molecule has 0 aliphatic carbocycles. The number of carbonyl (C=O) groups is 1. The van der Waals surface area contributed by atoms with Gasteiger partial charge in [-0.05, 0) is 55.4 Å². The molecular weight excluding hydrogens is 252 g/mol. The number of nitrogens with two attached hydrogens (primary N) is 1. The van der Waals surface area contributed by atoms with Crippen LogP contribution in [0.25, 0.3) is 0 Å². The Hall–Kier alpha value is -1.55. The molecule has 0 atom stereocenters.